The maximum Gasteiger partial charge on any atom is 0.251 e. The van der Waals surface area contributed by atoms with Crippen molar-refractivity contribution in [3.05, 3.63) is 71.7 Å². The van der Waals surface area contributed by atoms with Gasteiger partial charge in [-0.3, -0.25) is 9.59 Å². The molecule has 0 unspecified atom stereocenters. The molecule has 1 fully saturated rings. The highest BCUT2D eigenvalue weighted by Gasteiger charge is 2.30. The number of hydrogen-bond acceptors (Lipinski definition) is 2. The SMILES string of the molecule is O=C(N[C@H]1CC(=O)N(Cc2cccc(F)c2)C1)c1ccc2[nH]ccc2c1. The molecule has 6 heteroatoms. The van der Waals surface area contributed by atoms with Gasteiger partial charge in [0.1, 0.15) is 5.82 Å². The zero-order chi connectivity index (χ0) is 18.1. The fraction of sp³-hybridized carbons (Fsp3) is 0.200. The van der Waals surface area contributed by atoms with E-state index in [4.69, 9.17) is 0 Å². The van der Waals surface area contributed by atoms with Gasteiger partial charge < -0.3 is 15.2 Å². The molecule has 2 N–H and O–H groups in total. The van der Waals surface area contributed by atoms with Crippen LogP contribution in [0.1, 0.15) is 22.3 Å². The highest BCUT2D eigenvalue weighted by atomic mass is 19.1. The van der Waals surface area contributed by atoms with Crippen LogP contribution in [-0.4, -0.2) is 34.3 Å². The third kappa shape index (κ3) is 3.31. The smallest absolute Gasteiger partial charge is 0.251 e. The summed E-state index contributed by atoms with van der Waals surface area (Å²) in [4.78, 5) is 29.4. The minimum Gasteiger partial charge on any atom is -0.361 e. The summed E-state index contributed by atoms with van der Waals surface area (Å²) in [6.07, 6.45) is 2.08. The summed E-state index contributed by atoms with van der Waals surface area (Å²) >= 11 is 0. The number of benzene rings is 2. The minimum absolute atomic E-state index is 0.0411. The molecule has 4 rings (SSSR count). The Kier molecular flexibility index (Phi) is 4.16. The number of carbonyl (C=O) groups excluding carboxylic acids is 2. The second-order valence-electron chi connectivity index (χ2n) is 6.56. The van der Waals surface area contributed by atoms with Crippen molar-refractivity contribution in [2.45, 2.75) is 19.0 Å². The lowest BCUT2D eigenvalue weighted by atomic mass is 10.1. The molecule has 132 valence electrons. The lowest BCUT2D eigenvalue weighted by molar-refractivity contribution is -0.128. The molecule has 1 aliphatic rings. The van der Waals surface area contributed by atoms with Crippen LogP contribution in [0.2, 0.25) is 0 Å². The molecule has 3 aromatic rings. The molecule has 1 atom stereocenters. The van der Waals surface area contributed by atoms with Gasteiger partial charge in [-0.05, 0) is 42.0 Å². The van der Waals surface area contributed by atoms with Gasteiger partial charge in [0.15, 0.2) is 0 Å². The number of H-pyrrole nitrogens is 1. The molecular formula is C20H18FN3O2. The highest BCUT2D eigenvalue weighted by Crippen LogP contribution is 2.18. The molecule has 5 nitrogen and oxygen atoms in total. The van der Waals surface area contributed by atoms with Crippen LogP contribution in [0.25, 0.3) is 10.9 Å². The zero-order valence-electron chi connectivity index (χ0n) is 14.0. The molecule has 1 aliphatic heterocycles. The number of halogens is 1. The molecule has 0 saturated carbocycles. The van der Waals surface area contributed by atoms with Crippen LogP contribution in [0.4, 0.5) is 4.39 Å². The zero-order valence-corrected chi connectivity index (χ0v) is 14.0. The molecule has 2 amide bonds. The van der Waals surface area contributed by atoms with E-state index in [9.17, 15) is 14.0 Å². The first-order valence-corrected chi connectivity index (χ1v) is 8.49. The van der Waals surface area contributed by atoms with Crippen molar-refractivity contribution < 1.29 is 14.0 Å². The van der Waals surface area contributed by atoms with Crippen LogP contribution in [0, 0.1) is 5.82 Å². The minimum atomic E-state index is -0.320. The summed E-state index contributed by atoms with van der Waals surface area (Å²) in [6.45, 7) is 0.770. The van der Waals surface area contributed by atoms with Gasteiger partial charge in [0.25, 0.3) is 5.91 Å². The van der Waals surface area contributed by atoms with E-state index in [-0.39, 0.29) is 30.1 Å². The molecule has 2 aromatic carbocycles. The fourth-order valence-corrected chi connectivity index (χ4v) is 3.34. The van der Waals surface area contributed by atoms with Crippen LogP contribution in [0.15, 0.2) is 54.7 Å². The number of nitrogens with one attached hydrogen (secondary N) is 2. The molecular weight excluding hydrogens is 333 g/mol. The standard InChI is InChI=1S/C20H18FN3O2/c21-16-3-1-2-13(8-16)11-24-12-17(10-19(24)25)23-20(26)15-4-5-18-14(9-15)6-7-22-18/h1-9,17,22H,10-12H2,(H,23,26)/t17-/m0/s1. The van der Waals surface area contributed by atoms with Gasteiger partial charge in [-0.15, -0.1) is 0 Å². The summed E-state index contributed by atoms with van der Waals surface area (Å²) in [6, 6.07) is 13.3. The quantitative estimate of drug-likeness (QED) is 0.759. The van der Waals surface area contributed by atoms with E-state index in [2.05, 4.69) is 10.3 Å². The third-order valence-electron chi connectivity index (χ3n) is 4.63. The third-order valence-corrected chi connectivity index (χ3v) is 4.63. The predicted molar refractivity (Wildman–Crippen MR) is 96.0 cm³/mol. The van der Waals surface area contributed by atoms with Gasteiger partial charge in [0.05, 0.1) is 6.04 Å². The van der Waals surface area contributed by atoms with E-state index in [0.717, 1.165) is 16.5 Å². The molecule has 2 heterocycles. The first-order valence-electron chi connectivity index (χ1n) is 8.49. The van der Waals surface area contributed by atoms with Crippen LogP contribution >= 0.6 is 0 Å². The average Bonchev–Trinajstić information content (AvgIpc) is 3.21. The van der Waals surface area contributed by atoms with Gasteiger partial charge in [0.2, 0.25) is 5.91 Å². The molecule has 0 radical (unpaired) electrons. The Morgan fingerprint density at radius 3 is 2.96 bits per heavy atom. The fourth-order valence-electron chi connectivity index (χ4n) is 3.34. The molecule has 0 aliphatic carbocycles. The van der Waals surface area contributed by atoms with E-state index in [1.807, 2.05) is 24.4 Å². The Labute approximate surface area is 149 Å². The van der Waals surface area contributed by atoms with Gasteiger partial charge in [-0.25, -0.2) is 4.39 Å². The molecule has 0 bridgehead atoms. The maximum absolute atomic E-state index is 13.3. The summed E-state index contributed by atoms with van der Waals surface area (Å²) in [5, 5.41) is 3.89. The topological polar surface area (TPSA) is 65.2 Å². The van der Waals surface area contributed by atoms with E-state index >= 15 is 0 Å². The van der Waals surface area contributed by atoms with E-state index in [1.54, 1.807) is 23.1 Å². The lowest BCUT2D eigenvalue weighted by Gasteiger charge is -2.17. The number of aromatic nitrogens is 1. The van der Waals surface area contributed by atoms with Crippen LogP contribution in [0.5, 0.6) is 0 Å². The van der Waals surface area contributed by atoms with Crippen molar-refractivity contribution in [2.24, 2.45) is 0 Å². The van der Waals surface area contributed by atoms with Gasteiger partial charge in [-0.2, -0.15) is 0 Å². The average molecular weight is 351 g/mol. The second kappa shape index (κ2) is 6.63. The normalized spacial score (nSPS) is 17.0. The lowest BCUT2D eigenvalue weighted by Crippen LogP contribution is -2.37. The van der Waals surface area contributed by atoms with Crippen molar-refractivity contribution in [3.8, 4) is 0 Å². The van der Waals surface area contributed by atoms with Crippen molar-refractivity contribution >= 4 is 22.7 Å². The maximum atomic E-state index is 13.3. The van der Waals surface area contributed by atoms with Crippen molar-refractivity contribution in [3.63, 3.8) is 0 Å². The summed E-state index contributed by atoms with van der Waals surface area (Å²) in [5.41, 5.74) is 2.27. The largest absolute Gasteiger partial charge is 0.361 e. The van der Waals surface area contributed by atoms with Gasteiger partial charge in [-0.1, -0.05) is 12.1 Å². The van der Waals surface area contributed by atoms with E-state index in [1.165, 1.54) is 12.1 Å². The molecule has 1 saturated heterocycles. The second-order valence-corrected chi connectivity index (χ2v) is 6.56. The number of fused-ring (bicyclic) bond motifs is 1. The Balaban J connectivity index is 1.41. The number of carbonyl (C=O) groups is 2. The Bertz CT molecular complexity index is 982. The Morgan fingerprint density at radius 2 is 2.12 bits per heavy atom. The molecule has 1 aromatic heterocycles. The molecule has 0 spiro atoms. The van der Waals surface area contributed by atoms with E-state index in [0.29, 0.717) is 18.7 Å². The van der Waals surface area contributed by atoms with Crippen molar-refractivity contribution in [1.82, 2.24) is 15.2 Å². The number of hydrogen-bond donors (Lipinski definition) is 2. The van der Waals surface area contributed by atoms with Crippen LogP contribution < -0.4 is 5.32 Å². The van der Waals surface area contributed by atoms with Crippen LogP contribution in [0.3, 0.4) is 0 Å². The summed E-state index contributed by atoms with van der Waals surface area (Å²) in [5.74, 6) is -0.557. The Hall–Kier alpha value is -3.15. The predicted octanol–water partition coefficient (Wildman–Crippen LogP) is 2.84. The van der Waals surface area contributed by atoms with Crippen molar-refractivity contribution in [1.29, 1.82) is 0 Å². The first kappa shape index (κ1) is 16.3. The number of aromatic amines is 1. The number of rotatable bonds is 4. The van der Waals surface area contributed by atoms with E-state index < -0.39 is 0 Å². The van der Waals surface area contributed by atoms with Gasteiger partial charge in [0, 0.05) is 42.2 Å². The monoisotopic (exact) mass is 351 g/mol. The number of amides is 2. The van der Waals surface area contributed by atoms with Crippen LogP contribution in [-0.2, 0) is 11.3 Å². The van der Waals surface area contributed by atoms with Gasteiger partial charge >= 0.3 is 0 Å². The Morgan fingerprint density at radius 1 is 1.23 bits per heavy atom. The summed E-state index contributed by atoms with van der Waals surface area (Å²) < 4.78 is 13.3. The van der Waals surface area contributed by atoms with Crippen molar-refractivity contribution in [2.75, 3.05) is 6.54 Å². The molecule has 26 heavy (non-hydrogen) atoms. The number of likely N-dealkylation sites (tertiary alicyclic amines) is 1. The highest BCUT2D eigenvalue weighted by molar-refractivity contribution is 5.98. The number of nitrogens with zero attached hydrogens (tertiary/aromatic N) is 1. The first-order chi connectivity index (χ1) is 12.6. The summed E-state index contributed by atoms with van der Waals surface area (Å²) in [7, 11) is 0.